The van der Waals surface area contributed by atoms with Crippen molar-refractivity contribution in [2.75, 3.05) is 13.1 Å². The first-order valence-corrected chi connectivity index (χ1v) is 9.27. The first-order chi connectivity index (χ1) is 11.0. The Bertz CT molecular complexity index is 690. The van der Waals surface area contributed by atoms with Crippen LogP contribution >= 0.6 is 11.6 Å². The molecule has 0 aliphatic heterocycles. The average molecular weight is 344 g/mol. The van der Waals surface area contributed by atoms with E-state index in [1.807, 2.05) is 30.9 Å². The number of carbonyl (C=O) groups is 1. The molecule has 2 aromatic rings. The van der Waals surface area contributed by atoms with Crippen LogP contribution in [-0.4, -0.2) is 33.4 Å². The van der Waals surface area contributed by atoms with Crippen molar-refractivity contribution in [2.45, 2.75) is 27.7 Å². The molecule has 120 valence electrons. The lowest BCUT2D eigenvalue weighted by molar-refractivity contribution is 0.0774. The van der Waals surface area contributed by atoms with E-state index in [0.29, 0.717) is 33.2 Å². The highest BCUT2D eigenvalue weighted by Gasteiger charge is 2.20. The van der Waals surface area contributed by atoms with Crippen molar-refractivity contribution in [3.05, 3.63) is 58.1 Å². The van der Waals surface area contributed by atoms with Gasteiger partial charge in [0.25, 0.3) is 5.91 Å². The molecule has 0 spiro atoms. The molecule has 2 radical (unpaired) electrons. The van der Waals surface area contributed by atoms with Crippen molar-refractivity contribution in [1.82, 2.24) is 4.90 Å². The number of rotatable bonds is 5. The fourth-order valence-corrected chi connectivity index (χ4v) is 4.51. The number of halogens is 1. The van der Waals surface area contributed by atoms with Gasteiger partial charge in [-0.25, -0.2) is 0 Å². The lowest BCUT2D eigenvalue weighted by Crippen LogP contribution is -2.38. The number of benzene rings is 2. The minimum Gasteiger partial charge on any atom is -0.339 e. The Kier molecular flexibility index (Phi) is 6.02. The van der Waals surface area contributed by atoms with E-state index >= 15 is 0 Å². The number of nitrogens with zero attached hydrogens (tertiary/aromatic N) is 1. The smallest absolute Gasteiger partial charge is 0.255 e. The topological polar surface area (TPSA) is 20.3 Å². The summed E-state index contributed by atoms with van der Waals surface area (Å²) in [6.45, 7) is 9.55. The second kappa shape index (κ2) is 7.80. The quantitative estimate of drug-likeness (QED) is 0.764. The molecule has 2 rings (SSSR count). The van der Waals surface area contributed by atoms with Gasteiger partial charge >= 0.3 is 0 Å². The summed E-state index contributed by atoms with van der Waals surface area (Å²) in [5, 5.41) is 2.79. The van der Waals surface area contributed by atoms with Crippen LogP contribution < -0.4 is 10.4 Å². The molecule has 0 aromatic heterocycles. The number of hydrogen-bond acceptors (Lipinski definition) is 1. The molecule has 1 amide bonds. The fraction of sp³-hybridized carbons (Fsp3) is 0.316. The van der Waals surface area contributed by atoms with Crippen LogP contribution in [0.3, 0.4) is 0 Å². The second-order valence-electron chi connectivity index (χ2n) is 5.64. The zero-order valence-corrected chi connectivity index (χ0v) is 15.9. The van der Waals surface area contributed by atoms with Crippen LogP contribution in [0.5, 0.6) is 0 Å². The predicted molar refractivity (Wildman–Crippen MR) is 99.6 cm³/mol. The summed E-state index contributed by atoms with van der Waals surface area (Å²) >= 11 is 6.37. The van der Waals surface area contributed by atoms with E-state index in [9.17, 15) is 4.79 Å². The van der Waals surface area contributed by atoms with Gasteiger partial charge in [0.1, 0.15) is 9.52 Å². The first kappa shape index (κ1) is 17.8. The average Bonchev–Trinajstić information content (AvgIpc) is 2.47. The molecule has 0 N–H and O–H groups in total. The minimum atomic E-state index is 0.0208. The SMILES string of the molecule is CCN(CC)C(=O)c1c(Cl)cccc1[Si]c1cc(C)cc(C)c1. The molecule has 0 atom stereocenters. The highest BCUT2D eigenvalue weighted by molar-refractivity contribution is 6.69. The van der Waals surface area contributed by atoms with Gasteiger partial charge in [-0.2, -0.15) is 0 Å². The molecule has 0 aliphatic carbocycles. The standard InChI is InChI=1S/C19H22ClNOSi/c1-5-21(6-2)19(22)18-16(20)8-7-9-17(18)23-15-11-13(3)10-14(4)12-15/h7-12H,5-6H2,1-4H3. The van der Waals surface area contributed by atoms with Gasteiger partial charge in [0.2, 0.25) is 0 Å². The summed E-state index contributed by atoms with van der Waals surface area (Å²) in [5.41, 5.74) is 3.13. The van der Waals surface area contributed by atoms with Crippen molar-refractivity contribution in [3.8, 4) is 0 Å². The Morgan fingerprint density at radius 1 is 1.09 bits per heavy atom. The third kappa shape index (κ3) is 4.24. The van der Waals surface area contributed by atoms with Crippen molar-refractivity contribution in [1.29, 1.82) is 0 Å². The van der Waals surface area contributed by atoms with Crippen molar-refractivity contribution < 1.29 is 4.79 Å². The van der Waals surface area contributed by atoms with E-state index in [1.165, 1.54) is 16.3 Å². The number of aryl methyl sites for hydroxylation is 2. The maximum atomic E-state index is 12.8. The van der Waals surface area contributed by atoms with E-state index in [0.717, 1.165) is 5.19 Å². The van der Waals surface area contributed by atoms with Gasteiger partial charge < -0.3 is 4.90 Å². The molecule has 4 heteroatoms. The summed E-state index contributed by atoms with van der Waals surface area (Å²) in [7, 11) is 0.421. The zero-order chi connectivity index (χ0) is 17.0. The van der Waals surface area contributed by atoms with Crippen LogP contribution in [0.4, 0.5) is 0 Å². The lowest BCUT2D eigenvalue weighted by Gasteiger charge is -2.21. The normalized spacial score (nSPS) is 10.7. The van der Waals surface area contributed by atoms with Gasteiger partial charge in [-0.1, -0.05) is 58.2 Å². The third-order valence-electron chi connectivity index (χ3n) is 3.78. The van der Waals surface area contributed by atoms with Crippen LogP contribution in [0, 0.1) is 13.8 Å². The molecular formula is C19H22ClNOSi. The lowest BCUT2D eigenvalue weighted by atomic mass is 10.2. The number of amides is 1. The van der Waals surface area contributed by atoms with E-state index < -0.39 is 0 Å². The van der Waals surface area contributed by atoms with Crippen molar-refractivity contribution in [3.63, 3.8) is 0 Å². The predicted octanol–water partition coefficient (Wildman–Crippen LogP) is 3.09. The van der Waals surface area contributed by atoms with Gasteiger partial charge in [-0.15, -0.1) is 0 Å². The highest BCUT2D eigenvalue weighted by Crippen LogP contribution is 2.15. The van der Waals surface area contributed by atoms with Gasteiger partial charge in [-0.05, 0) is 38.9 Å². The van der Waals surface area contributed by atoms with E-state index in [2.05, 4.69) is 32.0 Å². The molecular weight excluding hydrogens is 322 g/mol. The number of hydrogen-bond donors (Lipinski definition) is 0. The maximum absolute atomic E-state index is 12.8. The molecule has 0 saturated carbocycles. The zero-order valence-electron chi connectivity index (χ0n) is 14.1. The fourth-order valence-electron chi connectivity index (χ4n) is 2.72. The van der Waals surface area contributed by atoms with E-state index in [1.54, 1.807) is 6.07 Å². The second-order valence-corrected chi connectivity index (χ2v) is 7.41. The van der Waals surface area contributed by atoms with Crippen LogP contribution in [0.1, 0.15) is 35.3 Å². The minimum absolute atomic E-state index is 0.0208. The van der Waals surface area contributed by atoms with E-state index in [-0.39, 0.29) is 5.91 Å². The summed E-state index contributed by atoms with van der Waals surface area (Å²) in [6, 6.07) is 12.3. The van der Waals surface area contributed by atoms with Crippen LogP contribution in [-0.2, 0) is 0 Å². The van der Waals surface area contributed by atoms with Crippen molar-refractivity contribution >= 4 is 37.4 Å². The molecule has 2 aromatic carbocycles. The highest BCUT2D eigenvalue weighted by atomic mass is 35.5. The summed E-state index contributed by atoms with van der Waals surface area (Å²) in [5.74, 6) is 0.0208. The number of carbonyl (C=O) groups excluding carboxylic acids is 1. The summed E-state index contributed by atoms with van der Waals surface area (Å²) in [6.07, 6.45) is 0. The van der Waals surface area contributed by atoms with Gasteiger partial charge in [0.15, 0.2) is 0 Å². The van der Waals surface area contributed by atoms with Gasteiger partial charge in [-0.3, -0.25) is 4.79 Å². The van der Waals surface area contributed by atoms with Gasteiger partial charge in [0.05, 0.1) is 10.6 Å². The largest absolute Gasteiger partial charge is 0.339 e. The molecule has 0 bridgehead atoms. The molecule has 0 unspecified atom stereocenters. The molecule has 23 heavy (non-hydrogen) atoms. The molecule has 0 aliphatic rings. The molecule has 0 heterocycles. The van der Waals surface area contributed by atoms with Crippen LogP contribution in [0.25, 0.3) is 0 Å². The molecule has 0 fully saturated rings. The van der Waals surface area contributed by atoms with Crippen molar-refractivity contribution in [2.24, 2.45) is 0 Å². The van der Waals surface area contributed by atoms with Crippen LogP contribution in [0.2, 0.25) is 5.02 Å². The first-order valence-electron chi connectivity index (χ1n) is 7.89. The summed E-state index contributed by atoms with van der Waals surface area (Å²) in [4.78, 5) is 14.6. The Morgan fingerprint density at radius 2 is 1.70 bits per heavy atom. The molecule has 0 saturated heterocycles. The van der Waals surface area contributed by atoms with Gasteiger partial charge in [0, 0.05) is 13.1 Å². The maximum Gasteiger partial charge on any atom is 0.255 e. The molecule has 2 nitrogen and oxygen atoms in total. The summed E-state index contributed by atoms with van der Waals surface area (Å²) < 4.78 is 0. The monoisotopic (exact) mass is 343 g/mol. The van der Waals surface area contributed by atoms with E-state index in [4.69, 9.17) is 11.6 Å². The third-order valence-corrected chi connectivity index (χ3v) is 5.36. The Morgan fingerprint density at radius 3 is 2.26 bits per heavy atom. The Hall–Kier alpha value is -1.58. The Labute approximate surface area is 146 Å². The Balaban J connectivity index is 2.43. The van der Waals surface area contributed by atoms with Crippen LogP contribution in [0.15, 0.2) is 36.4 Å².